The number of likely N-dealkylation sites (N-methyl/N-ethyl adjacent to an activating group) is 1. The molecule has 12 heteroatoms. The molecule has 3 heterocycles. The third-order valence-corrected chi connectivity index (χ3v) is 8.07. The zero-order chi connectivity index (χ0) is 30.9. The summed E-state index contributed by atoms with van der Waals surface area (Å²) in [5.41, 5.74) is 2.09. The van der Waals surface area contributed by atoms with Crippen molar-refractivity contribution in [2.75, 3.05) is 49.7 Å². The lowest BCUT2D eigenvalue weighted by atomic mass is 9.83. The number of carbonyl (C=O) groups is 2. The van der Waals surface area contributed by atoms with E-state index in [1.807, 2.05) is 48.2 Å². The van der Waals surface area contributed by atoms with Crippen LogP contribution in [0.25, 0.3) is 0 Å². The number of rotatable bonds is 8. The molecule has 0 radical (unpaired) electrons. The molecule has 43 heavy (non-hydrogen) atoms. The molecule has 2 amide bonds. The smallest absolute Gasteiger partial charge is 0.365 e. The number of nitrogens with one attached hydrogen (secondary N) is 3. The molecule has 2 aliphatic rings. The van der Waals surface area contributed by atoms with E-state index in [-0.39, 0.29) is 30.1 Å². The minimum atomic E-state index is -4.66. The number of amides is 2. The Morgan fingerprint density at radius 2 is 1.81 bits per heavy atom. The Bertz CT molecular complexity index is 1500. The Hall–Kier alpha value is -4.19. The molecule has 2 aromatic carbocycles. The van der Waals surface area contributed by atoms with Gasteiger partial charge in [0.05, 0.1) is 12.0 Å². The molecule has 5 rings (SSSR count). The predicted molar refractivity (Wildman–Crippen MR) is 159 cm³/mol. The van der Waals surface area contributed by atoms with Gasteiger partial charge in [-0.05, 0) is 81.6 Å². The summed E-state index contributed by atoms with van der Waals surface area (Å²) in [4.78, 5) is 36.7. The molecule has 228 valence electrons. The van der Waals surface area contributed by atoms with Crippen molar-refractivity contribution in [1.82, 2.24) is 19.8 Å². The molecule has 0 aliphatic carbocycles. The van der Waals surface area contributed by atoms with Crippen LogP contribution in [0.1, 0.15) is 54.9 Å². The van der Waals surface area contributed by atoms with E-state index < -0.39 is 17.2 Å². The standard InChI is InChI=1S/C31H36F3N7O2/c1-30(2)26-21(6-5-7-24(26)38-28(30)43)16-35-27-23(31(32,33)34)17-36-29(39-27)37-22-10-8-19(9-11-22)20-12-14-41(15-13-20)25(42)18-40(3)4/h5-11,17,20H,12-16,18H2,1-4H3,(H,38,43)(H2,35,36,37,39). The van der Waals surface area contributed by atoms with E-state index in [1.165, 1.54) is 0 Å². The molecule has 1 saturated heterocycles. The maximum absolute atomic E-state index is 13.9. The molecule has 0 atom stereocenters. The highest BCUT2D eigenvalue weighted by Gasteiger charge is 2.40. The maximum Gasteiger partial charge on any atom is 0.421 e. The van der Waals surface area contributed by atoms with Gasteiger partial charge in [-0.25, -0.2) is 4.98 Å². The molecule has 0 spiro atoms. The Morgan fingerprint density at radius 3 is 2.47 bits per heavy atom. The van der Waals surface area contributed by atoms with E-state index in [4.69, 9.17) is 0 Å². The first-order valence-corrected chi connectivity index (χ1v) is 14.2. The predicted octanol–water partition coefficient (Wildman–Crippen LogP) is 5.35. The molecule has 3 aromatic rings. The van der Waals surface area contributed by atoms with Crippen LogP contribution in [0.4, 0.5) is 36.3 Å². The molecule has 0 unspecified atom stereocenters. The van der Waals surface area contributed by atoms with Crippen LogP contribution >= 0.6 is 0 Å². The van der Waals surface area contributed by atoms with E-state index >= 15 is 0 Å². The van der Waals surface area contributed by atoms with Crippen LogP contribution < -0.4 is 16.0 Å². The molecule has 1 aromatic heterocycles. The number of nitrogens with zero attached hydrogens (tertiary/aromatic N) is 4. The Kier molecular flexibility index (Phi) is 8.33. The van der Waals surface area contributed by atoms with Crippen LogP contribution in [0, 0.1) is 0 Å². The molecule has 9 nitrogen and oxygen atoms in total. The number of alkyl halides is 3. The van der Waals surface area contributed by atoms with Gasteiger partial charge in [0.15, 0.2) is 0 Å². The van der Waals surface area contributed by atoms with Crippen LogP contribution in [0.5, 0.6) is 0 Å². The number of anilines is 4. The average Bonchev–Trinajstić information content (AvgIpc) is 3.19. The Balaban J connectivity index is 1.27. The summed E-state index contributed by atoms with van der Waals surface area (Å²) in [7, 11) is 3.76. The van der Waals surface area contributed by atoms with Crippen molar-refractivity contribution in [3.05, 3.63) is 70.9 Å². The fourth-order valence-corrected chi connectivity index (χ4v) is 5.75. The monoisotopic (exact) mass is 595 g/mol. The fourth-order valence-electron chi connectivity index (χ4n) is 5.75. The third-order valence-electron chi connectivity index (χ3n) is 8.07. The average molecular weight is 596 g/mol. The summed E-state index contributed by atoms with van der Waals surface area (Å²) in [6.07, 6.45) is -2.16. The minimum Gasteiger partial charge on any atom is -0.365 e. The summed E-state index contributed by atoms with van der Waals surface area (Å²) in [6.45, 7) is 5.43. The van der Waals surface area contributed by atoms with Crippen molar-refractivity contribution in [3.63, 3.8) is 0 Å². The second kappa shape index (κ2) is 11.8. The van der Waals surface area contributed by atoms with E-state index in [1.54, 1.807) is 32.0 Å². The molecule has 0 bridgehead atoms. The Morgan fingerprint density at radius 1 is 1.12 bits per heavy atom. The van der Waals surface area contributed by atoms with Gasteiger partial charge in [0, 0.05) is 37.2 Å². The summed E-state index contributed by atoms with van der Waals surface area (Å²) in [5.74, 6) is -0.0372. The van der Waals surface area contributed by atoms with Crippen molar-refractivity contribution < 1.29 is 22.8 Å². The zero-order valence-corrected chi connectivity index (χ0v) is 24.7. The van der Waals surface area contributed by atoms with E-state index in [0.717, 1.165) is 30.2 Å². The first-order valence-electron chi connectivity index (χ1n) is 14.2. The largest absolute Gasteiger partial charge is 0.421 e. The second-order valence-electron chi connectivity index (χ2n) is 11.9. The van der Waals surface area contributed by atoms with Crippen LogP contribution in [0.2, 0.25) is 0 Å². The lowest BCUT2D eigenvalue weighted by molar-refractivity contribution is -0.137. The number of hydrogen-bond donors (Lipinski definition) is 3. The number of aromatic nitrogens is 2. The van der Waals surface area contributed by atoms with Crippen LogP contribution in [0.3, 0.4) is 0 Å². The highest BCUT2D eigenvalue weighted by atomic mass is 19.4. The van der Waals surface area contributed by atoms with Gasteiger partial charge in [-0.15, -0.1) is 0 Å². The van der Waals surface area contributed by atoms with Crippen molar-refractivity contribution in [2.24, 2.45) is 0 Å². The van der Waals surface area contributed by atoms with Gasteiger partial charge in [0.25, 0.3) is 0 Å². The summed E-state index contributed by atoms with van der Waals surface area (Å²) in [6, 6.07) is 13.0. The van der Waals surface area contributed by atoms with Crippen molar-refractivity contribution in [1.29, 1.82) is 0 Å². The SMILES string of the molecule is CN(C)CC(=O)N1CCC(c2ccc(Nc3ncc(C(F)(F)F)c(NCc4cccc5c4C(C)(C)C(=O)N5)n3)cc2)CC1. The van der Waals surface area contributed by atoms with Gasteiger partial charge in [-0.2, -0.15) is 18.2 Å². The maximum atomic E-state index is 13.9. The van der Waals surface area contributed by atoms with Crippen molar-refractivity contribution in [2.45, 2.75) is 50.7 Å². The number of halogens is 3. The molecular formula is C31H36F3N7O2. The third kappa shape index (κ3) is 6.58. The molecule has 1 fully saturated rings. The second-order valence-corrected chi connectivity index (χ2v) is 11.9. The van der Waals surface area contributed by atoms with E-state index in [0.29, 0.717) is 42.5 Å². The van der Waals surface area contributed by atoms with E-state index in [2.05, 4.69) is 25.9 Å². The Labute approximate surface area is 248 Å². The van der Waals surface area contributed by atoms with Crippen LogP contribution in [0.15, 0.2) is 48.7 Å². The molecule has 3 N–H and O–H groups in total. The van der Waals surface area contributed by atoms with Gasteiger partial charge in [0.2, 0.25) is 17.8 Å². The number of likely N-dealkylation sites (tertiary alicyclic amines) is 1. The van der Waals surface area contributed by atoms with Crippen LogP contribution in [-0.4, -0.2) is 65.3 Å². The lowest BCUT2D eigenvalue weighted by Crippen LogP contribution is -2.42. The van der Waals surface area contributed by atoms with Gasteiger partial charge < -0.3 is 25.8 Å². The number of benzene rings is 2. The first-order chi connectivity index (χ1) is 20.3. The number of carbonyl (C=O) groups excluding carboxylic acids is 2. The van der Waals surface area contributed by atoms with E-state index in [9.17, 15) is 22.8 Å². The van der Waals surface area contributed by atoms with Crippen molar-refractivity contribution in [3.8, 4) is 0 Å². The lowest BCUT2D eigenvalue weighted by Gasteiger charge is -2.33. The highest BCUT2D eigenvalue weighted by Crippen LogP contribution is 2.40. The van der Waals surface area contributed by atoms with Gasteiger partial charge >= 0.3 is 6.18 Å². The molecule has 2 aliphatic heterocycles. The topological polar surface area (TPSA) is 102 Å². The van der Waals surface area contributed by atoms with Crippen molar-refractivity contribution >= 4 is 35.0 Å². The minimum absolute atomic E-state index is 0.0198. The first kappa shape index (κ1) is 30.3. The van der Waals surface area contributed by atoms with Gasteiger partial charge in [-0.1, -0.05) is 24.3 Å². The summed E-state index contributed by atoms with van der Waals surface area (Å²) in [5, 5.41) is 8.68. The highest BCUT2D eigenvalue weighted by molar-refractivity contribution is 6.06. The molecular weight excluding hydrogens is 559 g/mol. The number of hydrogen-bond acceptors (Lipinski definition) is 7. The van der Waals surface area contributed by atoms with Gasteiger partial charge in [0.1, 0.15) is 11.4 Å². The van der Waals surface area contributed by atoms with Gasteiger partial charge in [-0.3, -0.25) is 9.59 Å². The summed E-state index contributed by atoms with van der Waals surface area (Å²) < 4.78 is 41.6. The fraction of sp³-hybridized carbons (Fsp3) is 0.419. The molecule has 0 saturated carbocycles. The van der Waals surface area contributed by atoms with Crippen LogP contribution in [-0.2, 0) is 27.7 Å². The zero-order valence-electron chi connectivity index (χ0n) is 24.7. The quantitative estimate of drug-likeness (QED) is 0.323. The number of piperidine rings is 1. The normalized spacial score (nSPS) is 16.7. The number of fused-ring (bicyclic) bond motifs is 1. The summed E-state index contributed by atoms with van der Waals surface area (Å²) >= 11 is 0.